The summed E-state index contributed by atoms with van der Waals surface area (Å²) in [7, 11) is 1.99. The fourth-order valence-electron chi connectivity index (χ4n) is 3.43. The van der Waals surface area contributed by atoms with Crippen molar-refractivity contribution >= 4 is 27.8 Å². The molecular formula is C20H20N4O2. The summed E-state index contributed by atoms with van der Waals surface area (Å²) in [6.45, 7) is 1.94. The Balaban J connectivity index is 1.52. The van der Waals surface area contributed by atoms with Gasteiger partial charge >= 0.3 is 5.69 Å². The number of benzene rings is 2. The quantitative estimate of drug-likeness (QED) is 0.530. The molecule has 1 amide bonds. The number of fused-ring (bicyclic) bond motifs is 2. The van der Waals surface area contributed by atoms with E-state index in [-0.39, 0.29) is 17.6 Å². The number of nitrogens with zero attached hydrogens (tertiary/aromatic N) is 1. The van der Waals surface area contributed by atoms with Gasteiger partial charge in [0.25, 0.3) is 0 Å². The lowest BCUT2D eigenvalue weighted by molar-refractivity contribution is -0.121. The third kappa shape index (κ3) is 2.90. The lowest BCUT2D eigenvalue weighted by Crippen LogP contribution is -2.28. The molecule has 2 aromatic heterocycles. The second-order valence-corrected chi connectivity index (χ2v) is 6.63. The molecule has 6 heteroatoms. The van der Waals surface area contributed by atoms with Gasteiger partial charge in [0.1, 0.15) is 0 Å². The molecule has 0 aliphatic heterocycles. The molecule has 2 heterocycles. The zero-order chi connectivity index (χ0) is 18.3. The summed E-state index contributed by atoms with van der Waals surface area (Å²) in [4.78, 5) is 29.4. The summed E-state index contributed by atoms with van der Waals surface area (Å²) < 4.78 is 2.04. The molecule has 0 fully saturated rings. The van der Waals surface area contributed by atoms with Crippen LogP contribution < -0.4 is 11.0 Å². The summed E-state index contributed by atoms with van der Waals surface area (Å²) in [5.41, 5.74) is 4.34. The Bertz CT molecular complexity index is 1170. The zero-order valence-corrected chi connectivity index (χ0v) is 14.7. The van der Waals surface area contributed by atoms with Crippen molar-refractivity contribution in [3.8, 4) is 0 Å². The van der Waals surface area contributed by atoms with E-state index in [9.17, 15) is 9.59 Å². The predicted octanol–water partition coefficient (Wildman–Crippen LogP) is 2.77. The summed E-state index contributed by atoms with van der Waals surface area (Å²) in [5.74, 6) is -0.0310. The van der Waals surface area contributed by atoms with Crippen LogP contribution in [-0.2, 0) is 18.3 Å². The van der Waals surface area contributed by atoms with Crippen LogP contribution in [0, 0.1) is 0 Å². The van der Waals surface area contributed by atoms with Crippen LogP contribution in [0.3, 0.4) is 0 Å². The standard InChI is InChI=1S/C20H20N4O2/c1-12(13-7-8-16-17(9-13)23-20(26)22-16)21-19(25)10-14-11-24(2)18-6-4-3-5-15(14)18/h3-9,11-12H,10H2,1-2H3,(H,21,25)(H2,22,23,26)/t12-/m1/s1. The first-order chi connectivity index (χ1) is 12.5. The number of hydrogen-bond acceptors (Lipinski definition) is 2. The van der Waals surface area contributed by atoms with Crippen LogP contribution in [0.5, 0.6) is 0 Å². The number of H-pyrrole nitrogens is 2. The Morgan fingerprint density at radius 3 is 2.77 bits per heavy atom. The molecule has 4 aromatic rings. The second-order valence-electron chi connectivity index (χ2n) is 6.63. The largest absolute Gasteiger partial charge is 0.350 e. The van der Waals surface area contributed by atoms with Crippen LogP contribution in [0.2, 0.25) is 0 Å². The maximum atomic E-state index is 12.5. The van der Waals surface area contributed by atoms with Crippen LogP contribution in [0.4, 0.5) is 0 Å². The van der Waals surface area contributed by atoms with Crippen molar-refractivity contribution in [2.45, 2.75) is 19.4 Å². The Kier molecular flexibility index (Phi) is 3.88. The van der Waals surface area contributed by atoms with Gasteiger partial charge < -0.3 is 19.9 Å². The highest BCUT2D eigenvalue weighted by molar-refractivity contribution is 5.89. The number of hydrogen-bond donors (Lipinski definition) is 3. The van der Waals surface area contributed by atoms with Gasteiger partial charge in [0, 0.05) is 24.1 Å². The maximum absolute atomic E-state index is 12.5. The average Bonchev–Trinajstić information content (AvgIpc) is 3.13. The van der Waals surface area contributed by atoms with Crippen molar-refractivity contribution in [3.05, 3.63) is 70.3 Å². The highest BCUT2D eigenvalue weighted by Gasteiger charge is 2.14. The minimum atomic E-state index is -0.232. The molecule has 132 valence electrons. The number of imidazole rings is 1. The predicted molar refractivity (Wildman–Crippen MR) is 102 cm³/mol. The number of amides is 1. The van der Waals surface area contributed by atoms with Gasteiger partial charge in [-0.1, -0.05) is 24.3 Å². The molecule has 0 saturated carbocycles. The lowest BCUT2D eigenvalue weighted by atomic mass is 10.1. The zero-order valence-electron chi connectivity index (χ0n) is 14.7. The first-order valence-corrected chi connectivity index (χ1v) is 8.55. The first kappa shape index (κ1) is 16.2. The van der Waals surface area contributed by atoms with Crippen LogP contribution >= 0.6 is 0 Å². The molecule has 0 saturated heterocycles. The SMILES string of the molecule is C[C@@H](NC(=O)Cc1cn(C)c2ccccc12)c1ccc2[nH]c(=O)[nH]c2c1. The number of rotatable bonds is 4. The molecule has 0 bridgehead atoms. The Morgan fingerprint density at radius 2 is 1.92 bits per heavy atom. The average molecular weight is 348 g/mol. The lowest BCUT2D eigenvalue weighted by Gasteiger charge is -2.14. The number of aryl methyl sites for hydroxylation is 1. The molecule has 26 heavy (non-hydrogen) atoms. The van der Waals surface area contributed by atoms with Crippen molar-refractivity contribution in [3.63, 3.8) is 0 Å². The topological polar surface area (TPSA) is 82.7 Å². The van der Waals surface area contributed by atoms with Crippen LogP contribution in [0.25, 0.3) is 21.9 Å². The monoisotopic (exact) mass is 348 g/mol. The molecule has 1 atom stereocenters. The number of aromatic amines is 2. The number of nitrogens with one attached hydrogen (secondary N) is 3. The van der Waals surface area contributed by atoms with Gasteiger partial charge in [-0.3, -0.25) is 4.79 Å². The van der Waals surface area contributed by atoms with E-state index < -0.39 is 0 Å². The fourth-order valence-corrected chi connectivity index (χ4v) is 3.43. The van der Waals surface area contributed by atoms with Crippen molar-refractivity contribution in [2.24, 2.45) is 7.05 Å². The van der Waals surface area contributed by atoms with E-state index in [0.717, 1.165) is 33.1 Å². The maximum Gasteiger partial charge on any atom is 0.323 e. The van der Waals surface area contributed by atoms with Gasteiger partial charge in [0.15, 0.2) is 0 Å². The smallest absolute Gasteiger partial charge is 0.323 e. The second kappa shape index (κ2) is 6.22. The van der Waals surface area contributed by atoms with Gasteiger partial charge in [0.05, 0.1) is 23.5 Å². The van der Waals surface area contributed by atoms with Crippen molar-refractivity contribution < 1.29 is 4.79 Å². The van der Waals surface area contributed by atoms with E-state index in [1.54, 1.807) is 0 Å². The van der Waals surface area contributed by atoms with Crippen molar-refractivity contribution in [1.29, 1.82) is 0 Å². The minimum absolute atomic E-state index is 0.0310. The molecule has 2 aromatic carbocycles. The van der Waals surface area contributed by atoms with E-state index in [0.29, 0.717) is 6.42 Å². The van der Waals surface area contributed by atoms with Crippen LogP contribution in [-0.4, -0.2) is 20.4 Å². The number of carbonyl (C=O) groups excluding carboxylic acids is 1. The fraction of sp³-hybridized carbons (Fsp3) is 0.200. The summed E-state index contributed by atoms with van der Waals surface area (Å²) in [6, 6.07) is 13.6. The van der Waals surface area contributed by atoms with Gasteiger partial charge in [-0.05, 0) is 36.2 Å². The summed E-state index contributed by atoms with van der Waals surface area (Å²) >= 11 is 0. The van der Waals surface area contributed by atoms with Crippen LogP contribution in [0.15, 0.2) is 53.5 Å². The molecule has 4 rings (SSSR count). The summed E-state index contributed by atoms with van der Waals surface area (Å²) in [6.07, 6.45) is 2.33. The summed E-state index contributed by atoms with van der Waals surface area (Å²) in [5, 5.41) is 4.14. The third-order valence-electron chi connectivity index (χ3n) is 4.75. The van der Waals surface area contributed by atoms with Gasteiger partial charge in [-0.15, -0.1) is 0 Å². The molecule has 3 N–H and O–H groups in total. The van der Waals surface area contributed by atoms with Crippen molar-refractivity contribution in [2.75, 3.05) is 0 Å². The molecule has 6 nitrogen and oxygen atoms in total. The number of aromatic nitrogens is 3. The van der Waals surface area contributed by atoms with E-state index in [1.807, 2.05) is 67.2 Å². The normalized spacial score (nSPS) is 12.5. The van der Waals surface area contributed by atoms with E-state index in [4.69, 9.17) is 0 Å². The van der Waals surface area contributed by atoms with Crippen LogP contribution in [0.1, 0.15) is 24.1 Å². The molecule has 0 aliphatic carbocycles. The minimum Gasteiger partial charge on any atom is -0.350 e. The third-order valence-corrected chi connectivity index (χ3v) is 4.75. The number of carbonyl (C=O) groups is 1. The highest BCUT2D eigenvalue weighted by atomic mass is 16.1. The molecule has 0 radical (unpaired) electrons. The van der Waals surface area contributed by atoms with Gasteiger partial charge in [-0.25, -0.2) is 4.79 Å². The molecule has 0 spiro atoms. The van der Waals surface area contributed by atoms with E-state index in [2.05, 4.69) is 15.3 Å². The molecule has 0 unspecified atom stereocenters. The Morgan fingerprint density at radius 1 is 1.15 bits per heavy atom. The van der Waals surface area contributed by atoms with Gasteiger partial charge in [-0.2, -0.15) is 0 Å². The van der Waals surface area contributed by atoms with E-state index >= 15 is 0 Å². The first-order valence-electron chi connectivity index (χ1n) is 8.55. The van der Waals surface area contributed by atoms with Crippen molar-refractivity contribution in [1.82, 2.24) is 19.9 Å². The molecular weight excluding hydrogens is 328 g/mol. The van der Waals surface area contributed by atoms with E-state index in [1.165, 1.54) is 0 Å². The van der Waals surface area contributed by atoms with Gasteiger partial charge in [0.2, 0.25) is 5.91 Å². The Hall–Kier alpha value is -3.28. The highest BCUT2D eigenvalue weighted by Crippen LogP contribution is 2.21. The Labute approximate surface area is 149 Å². The number of para-hydroxylation sites is 1. The molecule has 0 aliphatic rings.